The molecule has 1 fully saturated rings. The molecule has 21 heavy (non-hydrogen) atoms. The minimum absolute atomic E-state index is 0.0221. The highest BCUT2D eigenvalue weighted by Gasteiger charge is 2.25. The summed E-state index contributed by atoms with van der Waals surface area (Å²) >= 11 is 3.09. The number of nitrogens with zero attached hydrogens (tertiary/aromatic N) is 1. The number of aromatic nitrogens is 1. The average molecular weight is 323 g/mol. The summed E-state index contributed by atoms with van der Waals surface area (Å²) in [4.78, 5) is 16.4. The van der Waals surface area contributed by atoms with Crippen LogP contribution in [0.15, 0.2) is 18.2 Å². The van der Waals surface area contributed by atoms with Gasteiger partial charge in [-0.2, -0.15) is 0 Å². The first-order chi connectivity index (χ1) is 10.1. The van der Waals surface area contributed by atoms with E-state index in [9.17, 15) is 4.79 Å². The maximum atomic E-state index is 12.0. The number of hydrogen-bond donors (Lipinski definition) is 2. The molecule has 112 valence electrons. The van der Waals surface area contributed by atoms with Crippen molar-refractivity contribution >= 4 is 50.0 Å². The summed E-state index contributed by atoms with van der Waals surface area (Å²) in [6.45, 7) is 2.85. The van der Waals surface area contributed by atoms with E-state index < -0.39 is 0 Å². The summed E-state index contributed by atoms with van der Waals surface area (Å²) in [6.07, 6.45) is 1.24. The first-order valence-corrected chi connectivity index (χ1v) is 8.67. The van der Waals surface area contributed by atoms with Crippen molar-refractivity contribution in [2.24, 2.45) is 0 Å². The van der Waals surface area contributed by atoms with E-state index in [0.717, 1.165) is 23.2 Å². The Morgan fingerprint density at radius 2 is 2.48 bits per heavy atom. The second-order valence-electron chi connectivity index (χ2n) is 5.01. The molecule has 1 aromatic heterocycles. The quantitative estimate of drug-likeness (QED) is 0.846. The Morgan fingerprint density at radius 3 is 3.24 bits per heavy atom. The second-order valence-corrected chi connectivity index (χ2v) is 7.27. The molecule has 0 bridgehead atoms. The Labute approximate surface area is 131 Å². The molecule has 1 amide bonds. The van der Waals surface area contributed by atoms with Crippen molar-refractivity contribution < 1.29 is 9.53 Å². The Hall–Kier alpha value is -1.31. The molecule has 0 saturated carbocycles. The van der Waals surface area contributed by atoms with Gasteiger partial charge < -0.3 is 15.8 Å². The first kappa shape index (κ1) is 14.6. The van der Waals surface area contributed by atoms with Crippen molar-refractivity contribution in [2.75, 3.05) is 23.4 Å². The highest BCUT2D eigenvalue weighted by atomic mass is 32.2. The zero-order valence-electron chi connectivity index (χ0n) is 11.7. The summed E-state index contributed by atoms with van der Waals surface area (Å²) in [6, 6.07) is 5.54. The van der Waals surface area contributed by atoms with Crippen LogP contribution in [0.25, 0.3) is 10.2 Å². The zero-order chi connectivity index (χ0) is 14.8. The van der Waals surface area contributed by atoms with Crippen LogP contribution in [0.3, 0.4) is 0 Å². The molecule has 2 heterocycles. The summed E-state index contributed by atoms with van der Waals surface area (Å²) < 4.78 is 6.47. The van der Waals surface area contributed by atoms with Crippen LogP contribution in [0.2, 0.25) is 0 Å². The van der Waals surface area contributed by atoms with Gasteiger partial charge in [-0.05, 0) is 31.5 Å². The fourth-order valence-corrected chi connectivity index (χ4v) is 4.24. The molecule has 3 rings (SSSR count). The highest BCUT2D eigenvalue weighted by Crippen LogP contribution is 2.29. The summed E-state index contributed by atoms with van der Waals surface area (Å²) in [5.41, 5.74) is 7.30. The first-order valence-electron chi connectivity index (χ1n) is 6.81. The number of anilines is 2. The van der Waals surface area contributed by atoms with Gasteiger partial charge >= 0.3 is 0 Å². The van der Waals surface area contributed by atoms with E-state index in [1.54, 1.807) is 11.8 Å². The van der Waals surface area contributed by atoms with E-state index in [2.05, 4.69) is 17.2 Å². The molecule has 0 spiro atoms. The van der Waals surface area contributed by atoms with Crippen LogP contribution in [0.5, 0.6) is 0 Å². The number of thioether (sulfide) groups is 1. The Balaban J connectivity index is 1.58. The predicted octanol–water partition coefficient (Wildman–Crippen LogP) is 2.73. The third-order valence-electron chi connectivity index (χ3n) is 3.39. The van der Waals surface area contributed by atoms with Gasteiger partial charge in [-0.25, -0.2) is 4.98 Å². The molecule has 3 N–H and O–H groups in total. The van der Waals surface area contributed by atoms with Gasteiger partial charge in [-0.3, -0.25) is 4.79 Å². The molecule has 1 aliphatic heterocycles. The number of carbonyl (C=O) groups excluding carboxylic acids is 1. The Bertz CT molecular complexity index is 659. The van der Waals surface area contributed by atoms with Gasteiger partial charge in [0.15, 0.2) is 5.13 Å². The lowest BCUT2D eigenvalue weighted by atomic mass is 10.3. The predicted molar refractivity (Wildman–Crippen MR) is 88.9 cm³/mol. The minimum Gasteiger partial charge on any atom is -0.399 e. The topological polar surface area (TPSA) is 77.2 Å². The summed E-state index contributed by atoms with van der Waals surface area (Å²) in [7, 11) is 0. The molecule has 1 aromatic carbocycles. The number of amides is 1. The lowest BCUT2D eigenvalue weighted by molar-refractivity contribution is -0.113. The van der Waals surface area contributed by atoms with Gasteiger partial charge in [-0.15, -0.1) is 11.8 Å². The van der Waals surface area contributed by atoms with Crippen LogP contribution in [0, 0.1) is 0 Å². The third-order valence-corrected chi connectivity index (χ3v) is 5.80. The van der Waals surface area contributed by atoms with E-state index in [-0.39, 0.29) is 12.0 Å². The SMILES string of the molecule is CC1OCCC1SCC(=O)Nc1nc2ccc(N)cc2s1. The van der Waals surface area contributed by atoms with E-state index >= 15 is 0 Å². The van der Waals surface area contributed by atoms with E-state index in [0.29, 0.717) is 21.8 Å². The van der Waals surface area contributed by atoms with Crippen molar-refractivity contribution in [3.05, 3.63) is 18.2 Å². The molecule has 2 unspecified atom stereocenters. The zero-order valence-corrected chi connectivity index (χ0v) is 13.3. The van der Waals surface area contributed by atoms with Gasteiger partial charge in [0, 0.05) is 17.5 Å². The molecular formula is C14H17N3O2S2. The molecule has 1 saturated heterocycles. The summed E-state index contributed by atoms with van der Waals surface area (Å²) in [5, 5.41) is 3.89. The van der Waals surface area contributed by atoms with Crippen LogP contribution in [0.4, 0.5) is 10.8 Å². The van der Waals surface area contributed by atoms with Crippen LogP contribution in [-0.2, 0) is 9.53 Å². The normalized spacial score (nSPS) is 21.8. The Morgan fingerprint density at radius 1 is 1.62 bits per heavy atom. The third kappa shape index (κ3) is 3.48. The molecule has 0 radical (unpaired) electrons. The smallest absolute Gasteiger partial charge is 0.236 e. The number of ether oxygens (including phenoxy) is 1. The number of fused-ring (bicyclic) bond motifs is 1. The van der Waals surface area contributed by atoms with Gasteiger partial charge in [0.1, 0.15) is 0 Å². The van der Waals surface area contributed by atoms with Crippen molar-refractivity contribution in [3.63, 3.8) is 0 Å². The molecule has 2 atom stereocenters. The number of nitrogen functional groups attached to an aromatic ring is 1. The van der Waals surface area contributed by atoms with Gasteiger partial charge in [0.05, 0.1) is 22.1 Å². The molecule has 5 nitrogen and oxygen atoms in total. The fraction of sp³-hybridized carbons (Fsp3) is 0.429. The fourth-order valence-electron chi connectivity index (χ4n) is 2.26. The number of carbonyl (C=O) groups is 1. The lowest BCUT2D eigenvalue weighted by Crippen LogP contribution is -2.19. The van der Waals surface area contributed by atoms with Crippen molar-refractivity contribution in [1.29, 1.82) is 0 Å². The van der Waals surface area contributed by atoms with Gasteiger partial charge in [-0.1, -0.05) is 11.3 Å². The van der Waals surface area contributed by atoms with Crippen molar-refractivity contribution in [3.8, 4) is 0 Å². The maximum Gasteiger partial charge on any atom is 0.236 e. The van der Waals surface area contributed by atoms with E-state index in [1.165, 1.54) is 11.3 Å². The second kappa shape index (κ2) is 6.21. The average Bonchev–Trinajstić information content (AvgIpc) is 3.01. The summed E-state index contributed by atoms with van der Waals surface area (Å²) in [5.74, 6) is 0.405. The minimum atomic E-state index is -0.0221. The Kier molecular flexibility index (Phi) is 4.32. The van der Waals surface area contributed by atoms with Crippen LogP contribution < -0.4 is 11.1 Å². The number of nitrogens with one attached hydrogen (secondary N) is 1. The monoisotopic (exact) mass is 323 g/mol. The van der Waals surface area contributed by atoms with Gasteiger partial charge in [0.2, 0.25) is 5.91 Å². The molecule has 0 aliphatic carbocycles. The van der Waals surface area contributed by atoms with E-state index in [1.807, 2.05) is 18.2 Å². The van der Waals surface area contributed by atoms with E-state index in [4.69, 9.17) is 10.5 Å². The lowest BCUT2D eigenvalue weighted by Gasteiger charge is -2.12. The number of thiazole rings is 1. The van der Waals surface area contributed by atoms with Crippen LogP contribution in [-0.4, -0.2) is 34.6 Å². The largest absolute Gasteiger partial charge is 0.399 e. The number of rotatable bonds is 4. The van der Waals surface area contributed by atoms with Crippen molar-refractivity contribution in [1.82, 2.24) is 4.98 Å². The standard InChI is InChI=1S/C14H17N3O2S2/c1-8-11(4-5-19-8)20-7-13(18)17-14-16-10-3-2-9(15)6-12(10)21-14/h2-3,6,8,11H,4-5,7,15H2,1H3,(H,16,17,18). The molecular weight excluding hydrogens is 306 g/mol. The number of benzene rings is 1. The number of hydrogen-bond acceptors (Lipinski definition) is 6. The maximum absolute atomic E-state index is 12.0. The molecule has 2 aromatic rings. The van der Waals surface area contributed by atoms with Crippen molar-refractivity contribution in [2.45, 2.75) is 24.7 Å². The van der Waals surface area contributed by atoms with Crippen LogP contribution in [0.1, 0.15) is 13.3 Å². The van der Waals surface area contributed by atoms with Gasteiger partial charge in [0.25, 0.3) is 0 Å². The molecule has 7 heteroatoms. The molecule has 1 aliphatic rings. The number of nitrogens with two attached hydrogens (primary N) is 1. The van der Waals surface area contributed by atoms with Crippen LogP contribution >= 0.6 is 23.1 Å². The highest BCUT2D eigenvalue weighted by molar-refractivity contribution is 8.00.